The first-order valence-corrected chi connectivity index (χ1v) is 4.50. The van der Waals surface area contributed by atoms with E-state index in [2.05, 4.69) is 0 Å². The molecular formula is C10H10ClFO2. The van der Waals surface area contributed by atoms with Crippen LogP contribution in [0.2, 0.25) is 5.02 Å². The summed E-state index contributed by atoms with van der Waals surface area (Å²) < 4.78 is 17.5. The fraction of sp³-hybridized carbons (Fsp3) is 0.300. The lowest BCUT2D eigenvalue weighted by Crippen LogP contribution is -2.04. The van der Waals surface area contributed by atoms with E-state index in [0.29, 0.717) is 6.61 Å². The van der Waals surface area contributed by atoms with E-state index in [1.54, 1.807) is 0 Å². The zero-order chi connectivity index (χ0) is 10.6. The van der Waals surface area contributed by atoms with Crippen molar-refractivity contribution in [3.63, 3.8) is 0 Å². The van der Waals surface area contributed by atoms with Gasteiger partial charge in [-0.25, -0.2) is 4.39 Å². The highest BCUT2D eigenvalue weighted by atomic mass is 35.5. The van der Waals surface area contributed by atoms with Gasteiger partial charge >= 0.3 is 0 Å². The van der Waals surface area contributed by atoms with Crippen LogP contribution in [0.15, 0.2) is 18.2 Å². The Bertz CT molecular complexity index is 339. The summed E-state index contributed by atoms with van der Waals surface area (Å²) in [5.41, 5.74) is 0.212. The molecule has 2 nitrogen and oxygen atoms in total. The molecule has 0 radical (unpaired) electrons. The predicted molar refractivity (Wildman–Crippen MR) is 52.2 cm³/mol. The number of ketones is 1. The van der Waals surface area contributed by atoms with E-state index < -0.39 is 5.82 Å². The molecule has 0 saturated carbocycles. The van der Waals surface area contributed by atoms with Gasteiger partial charge in [0.15, 0.2) is 5.78 Å². The monoisotopic (exact) mass is 216 g/mol. The van der Waals surface area contributed by atoms with Crippen molar-refractivity contribution < 1.29 is 13.9 Å². The summed E-state index contributed by atoms with van der Waals surface area (Å²) in [6.45, 7) is 0.311. The first kappa shape index (κ1) is 11.1. The molecule has 0 unspecified atom stereocenters. The standard InChI is InChI=1S/C10H10ClFO2/c1-14-5-4-10(13)8-6-7(12)2-3-9(8)11/h2-3,6H,4-5H2,1H3. The van der Waals surface area contributed by atoms with Crippen LogP contribution in [0.3, 0.4) is 0 Å². The lowest BCUT2D eigenvalue weighted by molar-refractivity contribution is 0.0932. The number of ether oxygens (including phenoxy) is 1. The Labute approximate surface area is 86.6 Å². The molecule has 0 aromatic heterocycles. The molecule has 0 amide bonds. The summed E-state index contributed by atoms with van der Waals surface area (Å²) in [6.07, 6.45) is 0.208. The first-order chi connectivity index (χ1) is 6.65. The molecule has 0 N–H and O–H groups in total. The van der Waals surface area contributed by atoms with E-state index in [-0.39, 0.29) is 22.8 Å². The number of halogens is 2. The minimum atomic E-state index is -0.463. The van der Waals surface area contributed by atoms with Gasteiger partial charge in [0, 0.05) is 19.1 Å². The third-order valence-electron chi connectivity index (χ3n) is 1.76. The average molecular weight is 217 g/mol. The van der Waals surface area contributed by atoms with E-state index in [1.807, 2.05) is 0 Å². The highest BCUT2D eigenvalue weighted by Gasteiger charge is 2.10. The minimum absolute atomic E-state index is 0.208. The Kier molecular flexibility index (Phi) is 4.04. The van der Waals surface area contributed by atoms with Gasteiger partial charge in [0.25, 0.3) is 0 Å². The summed E-state index contributed by atoms with van der Waals surface area (Å²) in [7, 11) is 1.50. The summed E-state index contributed by atoms with van der Waals surface area (Å²) >= 11 is 5.74. The highest BCUT2D eigenvalue weighted by Crippen LogP contribution is 2.18. The first-order valence-electron chi connectivity index (χ1n) is 4.12. The molecule has 0 atom stereocenters. The molecule has 1 aromatic carbocycles. The molecule has 4 heteroatoms. The van der Waals surface area contributed by atoms with Crippen LogP contribution < -0.4 is 0 Å². The quantitative estimate of drug-likeness (QED) is 0.724. The lowest BCUT2D eigenvalue weighted by atomic mass is 10.1. The van der Waals surface area contributed by atoms with Crippen molar-refractivity contribution in [2.24, 2.45) is 0 Å². The normalized spacial score (nSPS) is 10.2. The van der Waals surface area contributed by atoms with Crippen molar-refractivity contribution in [1.82, 2.24) is 0 Å². The molecule has 0 heterocycles. The van der Waals surface area contributed by atoms with Gasteiger partial charge in [0.2, 0.25) is 0 Å². The SMILES string of the molecule is COCCC(=O)c1cc(F)ccc1Cl. The van der Waals surface area contributed by atoms with Crippen LogP contribution in [0.25, 0.3) is 0 Å². The predicted octanol–water partition coefficient (Wildman–Crippen LogP) is 2.70. The van der Waals surface area contributed by atoms with E-state index in [0.717, 1.165) is 6.07 Å². The summed E-state index contributed by atoms with van der Waals surface area (Å²) in [6, 6.07) is 3.73. The van der Waals surface area contributed by atoms with Crippen LogP contribution in [0.4, 0.5) is 4.39 Å². The van der Waals surface area contributed by atoms with Gasteiger partial charge in [0.05, 0.1) is 11.6 Å². The summed E-state index contributed by atoms with van der Waals surface area (Å²) in [4.78, 5) is 11.4. The average Bonchev–Trinajstić information content (AvgIpc) is 2.18. The van der Waals surface area contributed by atoms with E-state index >= 15 is 0 Å². The van der Waals surface area contributed by atoms with Crippen molar-refractivity contribution in [1.29, 1.82) is 0 Å². The number of benzene rings is 1. The highest BCUT2D eigenvalue weighted by molar-refractivity contribution is 6.33. The van der Waals surface area contributed by atoms with Crippen LogP contribution in [0.1, 0.15) is 16.8 Å². The van der Waals surface area contributed by atoms with Crippen molar-refractivity contribution in [2.75, 3.05) is 13.7 Å². The van der Waals surface area contributed by atoms with E-state index in [1.165, 1.54) is 19.2 Å². The van der Waals surface area contributed by atoms with Crippen molar-refractivity contribution in [3.8, 4) is 0 Å². The van der Waals surface area contributed by atoms with Gasteiger partial charge in [-0.2, -0.15) is 0 Å². The Morgan fingerprint density at radius 1 is 1.57 bits per heavy atom. The van der Waals surface area contributed by atoms with Crippen molar-refractivity contribution in [3.05, 3.63) is 34.6 Å². The fourth-order valence-electron chi connectivity index (χ4n) is 1.04. The Balaban J connectivity index is 2.83. The van der Waals surface area contributed by atoms with Gasteiger partial charge in [-0.15, -0.1) is 0 Å². The number of carbonyl (C=O) groups excluding carboxylic acids is 1. The molecule has 14 heavy (non-hydrogen) atoms. The number of methoxy groups -OCH3 is 1. The largest absolute Gasteiger partial charge is 0.384 e. The third-order valence-corrected chi connectivity index (χ3v) is 2.09. The number of rotatable bonds is 4. The van der Waals surface area contributed by atoms with Crippen LogP contribution in [0.5, 0.6) is 0 Å². The molecule has 0 fully saturated rings. The maximum Gasteiger partial charge on any atom is 0.166 e. The third kappa shape index (κ3) is 2.79. The van der Waals surface area contributed by atoms with Crippen LogP contribution in [-0.2, 0) is 4.74 Å². The zero-order valence-electron chi connectivity index (χ0n) is 7.72. The fourth-order valence-corrected chi connectivity index (χ4v) is 1.26. The van der Waals surface area contributed by atoms with Gasteiger partial charge in [-0.3, -0.25) is 4.79 Å². The second kappa shape index (κ2) is 5.08. The van der Waals surface area contributed by atoms with Gasteiger partial charge < -0.3 is 4.74 Å². The molecular weight excluding hydrogens is 207 g/mol. The molecule has 0 bridgehead atoms. The number of hydrogen-bond donors (Lipinski definition) is 0. The van der Waals surface area contributed by atoms with Gasteiger partial charge in [-0.05, 0) is 18.2 Å². The Hall–Kier alpha value is -0.930. The molecule has 0 aliphatic rings. The second-order valence-corrected chi connectivity index (χ2v) is 3.20. The Morgan fingerprint density at radius 3 is 2.93 bits per heavy atom. The van der Waals surface area contributed by atoms with Gasteiger partial charge in [0.1, 0.15) is 5.82 Å². The van der Waals surface area contributed by atoms with Crippen LogP contribution in [0, 0.1) is 5.82 Å². The number of hydrogen-bond acceptors (Lipinski definition) is 2. The molecule has 0 saturated heterocycles. The molecule has 1 aromatic rings. The van der Waals surface area contributed by atoms with Crippen LogP contribution in [-0.4, -0.2) is 19.5 Å². The Morgan fingerprint density at radius 2 is 2.29 bits per heavy atom. The van der Waals surface area contributed by atoms with Crippen molar-refractivity contribution >= 4 is 17.4 Å². The zero-order valence-corrected chi connectivity index (χ0v) is 8.47. The second-order valence-electron chi connectivity index (χ2n) is 2.79. The van der Waals surface area contributed by atoms with Crippen LogP contribution >= 0.6 is 11.6 Å². The molecule has 76 valence electrons. The number of carbonyl (C=O) groups is 1. The molecule has 0 spiro atoms. The summed E-state index contributed by atoms with van der Waals surface area (Å²) in [5.74, 6) is -0.675. The van der Waals surface area contributed by atoms with Crippen molar-refractivity contribution in [2.45, 2.75) is 6.42 Å². The topological polar surface area (TPSA) is 26.3 Å². The minimum Gasteiger partial charge on any atom is -0.384 e. The molecule has 0 aliphatic carbocycles. The molecule has 1 rings (SSSR count). The van der Waals surface area contributed by atoms with E-state index in [4.69, 9.17) is 16.3 Å². The maximum atomic E-state index is 12.8. The smallest absolute Gasteiger partial charge is 0.166 e. The molecule has 0 aliphatic heterocycles. The van der Waals surface area contributed by atoms with Gasteiger partial charge in [-0.1, -0.05) is 11.6 Å². The lowest BCUT2D eigenvalue weighted by Gasteiger charge is -2.02. The van der Waals surface area contributed by atoms with E-state index in [9.17, 15) is 9.18 Å². The number of Topliss-reactive ketones (excluding diaryl/α,β-unsaturated/α-hetero) is 1. The maximum absolute atomic E-state index is 12.8. The summed E-state index contributed by atoms with van der Waals surface area (Å²) in [5, 5.41) is 0.271.